The summed E-state index contributed by atoms with van der Waals surface area (Å²) in [5, 5.41) is 13.3. The quantitative estimate of drug-likeness (QED) is 0.377. The molecule has 34 heavy (non-hydrogen) atoms. The number of furan rings is 1. The topological polar surface area (TPSA) is 141 Å². The van der Waals surface area contributed by atoms with Crippen molar-refractivity contribution >= 4 is 27.3 Å². The highest BCUT2D eigenvalue weighted by atomic mass is 32.2. The number of anilines is 1. The van der Waals surface area contributed by atoms with Gasteiger partial charge in [0.15, 0.2) is 5.76 Å². The largest absolute Gasteiger partial charge is 0.486 e. The van der Waals surface area contributed by atoms with Crippen molar-refractivity contribution in [2.75, 3.05) is 31.6 Å². The first kappa shape index (κ1) is 23.4. The molecule has 0 unspecified atom stereocenters. The van der Waals surface area contributed by atoms with Gasteiger partial charge in [-0.25, -0.2) is 8.42 Å². The van der Waals surface area contributed by atoms with E-state index in [2.05, 4.69) is 5.32 Å². The van der Waals surface area contributed by atoms with Gasteiger partial charge in [-0.3, -0.25) is 14.9 Å². The molecule has 178 valence electrons. The van der Waals surface area contributed by atoms with Gasteiger partial charge in [0.1, 0.15) is 18.1 Å². The van der Waals surface area contributed by atoms with E-state index in [-0.39, 0.29) is 22.9 Å². The molecule has 3 aromatic rings. The molecule has 0 atom stereocenters. The Morgan fingerprint density at radius 3 is 2.35 bits per heavy atom. The zero-order chi connectivity index (χ0) is 24.1. The number of nitrogens with one attached hydrogen (secondary N) is 1. The highest BCUT2D eigenvalue weighted by Crippen LogP contribution is 2.21. The van der Waals surface area contributed by atoms with Crippen LogP contribution in [0, 0.1) is 10.1 Å². The maximum atomic E-state index is 12.7. The van der Waals surface area contributed by atoms with Crippen LogP contribution >= 0.6 is 0 Å². The number of morpholine rings is 1. The number of hydrogen-bond donors (Lipinski definition) is 1. The summed E-state index contributed by atoms with van der Waals surface area (Å²) in [5.41, 5.74) is 0.363. The van der Waals surface area contributed by atoms with Gasteiger partial charge < -0.3 is 19.2 Å². The number of non-ortho nitro benzene ring substituents is 1. The number of rotatable bonds is 8. The van der Waals surface area contributed by atoms with E-state index in [1.165, 1.54) is 58.9 Å². The molecule has 1 amide bonds. The summed E-state index contributed by atoms with van der Waals surface area (Å²) in [6.45, 7) is 1.35. The fourth-order valence-electron chi connectivity index (χ4n) is 3.24. The van der Waals surface area contributed by atoms with Crippen LogP contribution in [0.25, 0.3) is 0 Å². The van der Waals surface area contributed by atoms with Crippen molar-refractivity contribution in [3.8, 4) is 5.75 Å². The van der Waals surface area contributed by atoms with Crippen LogP contribution in [0.3, 0.4) is 0 Å². The minimum Gasteiger partial charge on any atom is -0.486 e. The molecule has 0 aliphatic carbocycles. The van der Waals surface area contributed by atoms with Gasteiger partial charge in [-0.05, 0) is 48.5 Å². The third-order valence-electron chi connectivity index (χ3n) is 5.03. The maximum absolute atomic E-state index is 12.7. The predicted octanol–water partition coefficient (Wildman–Crippen LogP) is 3.04. The second-order valence-corrected chi connectivity index (χ2v) is 9.24. The number of benzene rings is 2. The lowest BCUT2D eigenvalue weighted by Crippen LogP contribution is -2.40. The van der Waals surface area contributed by atoms with Gasteiger partial charge in [0.25, 0.3) is 11.6 Å². The Labute approximate surface area is 195 Å². The average molecular weight is 487 g/mol. The molecule has 2 aromatic carbocycles. The second kappa shape index (κ2) is 10.0. The number of nitro groups is 1. The van der Waals surface area contributed by atoms with Crippen LogP contribution in [-0.2, 0) is 21.4 Å². The van der Waals surface area contributed by atoms with E-state index in [0.717, 1.165) is 0 Å². The van der Waals surface area contributed by atoms with E-state index < -0.39 is 20.9 Å². The molecule has 11 nitrogen and oxygen atoms in total. The van der Waals surface area contributed by atoms with E-state index in [0.29, 0.717) is 43.5 Å². The summed E-state index contributed by atoms with van der Waals surface area (Å²) >= 11 is 0. The van der Waals surface area contributed by atoms with Crippen LogP contribution in [0.1, 0.15) is 16.3 Å². The van der Waals surface area contributed by atoms with Crippen molar-refractivity contribution in [2.24, 2.45) is 0 Å². The number of ether oxygens (including phenoxy) is 2. The molecular weight excluding hydrogens is 466 g/mol. The molecule has 12 heteroatoms. The predicted molar refractivity (Wildman–Crippen MR) is 120 cm³/mol. The molecule has 4 rings (SSSR count). The van der Waals surface area contributed by atoms with E-state index in [9.17, 15) is 23.3 Å². The Morgan fingerprint density at radius 2 is 1.71 bits per heavy atom. The zero-order valence-electron chi connectivity index (χ0n) is 17.9. The van der Waals surface area contributed by atoms with Gasteiger partial charge in [-0.1, -0.05) is 0 Å². The molecule has 1 fully saturated rings. The number of carbonyl (C=O) groups excluding carboxylic acids is 1. The molecule has 1 aliphatic rings. The van der Waals surface area contributed by atoms with Crippen LogP contribution in [0.4, 0.5) is 11.4 Å². The lowest BCUT2D eigenvalue weighted by atomic mass is 10.3. The summed E-state index contributed by atoms with van der Waals surface area (Å²) < 4.78 is 42.9. The molecule has 2 heterocycles. The highest BCUT2D eigenvalue weighted by Gasteiger charge is 2.26. The zero-order valence-corrected chi connectivity index (χ0v) is 18.7. The van der Waals surface area contributed by atoms with E-state index in [4.69, 9.17) is 13.9 Å². The maximum Gasteiger partial charge on any atom is 0.291 e. The third kappa shape index (κ3) is 5.42. The van der Waals surface area contributed by atoms with Crippen LogP contribution in [0.15, 0.2) is 70.0 Å². The Balaban J connectivity index is 1.33. The molecule has 1 aromatic heterocycles. The first-order valence-electron chi connectivity index (χ1n) is 10.3. The van der Waals surface area contributed by atoms with Crippen molar-refractivity contribution < 1.29 is 32.0 Å². The Bertz CT molecular complexity index is 1260. The summed E-state index contributed by atoms with van der Waals surface area (Å²) in [5.74, 6) is 0.341. The number of amides is 1. The fourth-order valence-corrected chi connectivity index (χ4v) is 4.64. The number of nitrogens with zero attached hydrogens (tertiary/aromatic N) is 2. The van der Waals surface area contributed by atoms with Crippen molar-refractivity contribution in [3.05, 3.63) is 82.3 Å². The van der Waals surface area contributed by atoms with Gasteiger partial charge in [0.05, 0.1) is 23.0 Å². The van der Waals surface area contributed by atoms with E-state index >= 15 is 0 Å². The number of nitro benzene ring substituents is 1. The van der Waals surface area contributed by atoms with Crippen molar-refractivity contribution in [1.82, 2.24) is 4.31 Å². The van der Waals surface area contributed by atoms with E-state index in [1.807, 2.05) is 0 Å². The summed E-state index contributed by atoms with van der Waals surface area (Å²) in [4.78, 5) is 22.8. The standard InChI is InChI=1S/C22H21N3O8S/c26-22(21-10-7-19(33-21)15-32-18-5-3-17(4-6-18)25(27)28)23-16-1-8-20(9-2-16)34(29,30)24-11-13-31-14-12-24/h1-10H,11-15H2,(H,23,26). The van der Waals surface area contributed by atoms with Gasteiger partial charge >= 0.3 is 0 Å². The van der Waals surface area contributed by atoms with Gasteiger partial charge in [0.2, 0.25) is 10.0 Å². The normalized spacial score (nSPS) is 14.5. The van der Waals surface area contributed by atoms with Crippen molar-refractivity contribution in [2.45, 2.75) is 11.5 Å². The Hall–Kier alpha value is -3.74. The average Bonchev–Trinajstić information content (AvgIpc) is 3.33. The SMILES string of the molecule is O=C(Nc1ccc(S(=O)(=O)N2CCOCC2)cc1)c1ccc(COc2ccc([N+](=O)[O-])cc2)o1. The molecule has 0 bridgehead atoms. The molecule has 0 saturated carbocycles. The number of sulfonamides is 1. The lowest BCUT2D eigenvalue weighted by Gasteiger charge is -2.26. The van der Waals surface area contributed by atoms with Crippen LogP contribution in [-0.4, -0.2) is 49.9 Å². The molecule has 1 N–H and O–H groups in total. The van der Waals surface area contributed by atoms with Crippen molar-refractivity contribution in [1.29, 1.82) is 0 Å². The third-order valence-corrected chi connectivity index (χ3v) is 6.95. The monoisotopic (exact) mass is 487 g/mol. The first-order chi connectivity index (χ1) is 16.3. The van der Waals surface area contributed by atoms with Gasteiger partial charge in [-0.15, -0.1) is 0 Å². The van der Waals surface area contributed by atoms with Crippen LogP contribution in [0.5, 0.6) is 5.75 Å². The van der Waals surface area contributed by atoms with Crippen molar-refractivity contribution in [3.63, 3.8) is 0 Å². The van der Waals surface area contributed by atoms with E-state index in [1.54, 1.807) is 6.07 Å². The van der Waals surface area contributed by atoms with Gasteiger partial charge in [0, 0.05) is 30.9 Å². The molecule has 0 spiro atoms. The lowest BCUT2D eigenvalue weighted by molar-refractivity contribution is -0.384. The number of hydrogen-bond acceptors (Lipinski definition) is 8. The molecular formula is C22H21N3O8S. The summed E-state index contributed by atoms with van der Waals surface area (Å²) in [6.07, 6.45) is 0. The fraction of sp³-hybridized carbons (Fsp3) is 0.227. The van der Waals surface area contributed by atoms with Crippen LogP contribution in [0.2, 0.25) is 0 Å². The smallest absolute Gasteiger partial charge is 0.291 e. The molecule has 1 saturated heterocycles. The number of carbonyl (C=O) groups is 1. The second-order valence-electron chi connectivity index (χ2n) is 7.30. The molecule has 0 radical (unpaired) electrons. The van der Waals surface area contributed by atoms with Gasteiger partial charge in [-0.2, -0.15) is 4.31 Å². The highest BCUT2D eigenvalue weighted by molar-refractivity contribution is 7.89. The Kier molecular flexibility index (Phi) is 6.91. The van der Waals surface area contributed by atoms with Crippen LogP contribution < -0.4 is 10.1 Å². The molecule has 1 aliphatic heterocycles. The Morgan fingerprint density at radius 1 is 1.03 bits per heavy atom. The summed E-state index contributed by atoms with van der Waals surface area (Å²) in [6, 6.07) is 14.5. The summed E-state index contributed by atoms with van der Waals surface area (Å²) in [7, 11) is -3.62. The first-order valence-corrected chi connectivity index (χ1v) is 11.7. The minimum atomic E-state index is -3.62. The minimum absolute atomic E-state index is 0.0270.